The van der Waals surface area contributed by atoms with Crippen LogP contribution in [0.15, 0.2) is 18.2 Å². The molecule has 0 unspecified atom stereocenters. The highest BCUT2D eigenvalue weighted by Gasteiger charge is 2.23. The van der Waals surface area contributed by atoms with Gasteiger partial charge in [-0.25, -0.2) is 4.79 Å². The summed E-state index contributed by atoms with van der Waals surface area (Å²) in [5.74, 6) is 0. The fourth-order valence-corrected chi connectivity index (χ4v) is 3.36. The van der Waals surface area contributed by atoms with E-state index in [9.17, 15) is 14.9 Å². The number of alkyl carbamates (subject to hydrolysis) is 1. The minimum Gasteiger partial charge on any atom is -0.444 e. The number of carbonyl (C=O) groups excluding carboxylic acids is 1. The lowest BCUT2D eigenvalue weighted by Crippen LogP contribution is -2.43. The molecule has 1 saturated heterocycles. The van der Waals surface area contributed by atoms with Crippen LogP contribution < -0.4 is 10.2 Å². The molecular formula is C22H35N3O6. The zero-order chi connectivity index (χ0) is 23.2. The van der Waals surface area contributed by atoms with Crippen molar-refractivity contribution in [3.05, 3.63) is 33.9 Å². The molecule has 1 aliphatic heterocycles. The maximum absolute atomic E-state index is 12.0. The van der Waals surface area contributed by atoms with Gasteiger partial charge in [-0.15, -0.1) is 0 Å². The number of hydrogen-bond acceptors (Lipinski definition) is 7. The first-order valence-corrected chi connectivity index (χ1v) is 10.7. The lowest BCUT2D eigenvalue weighted by Gasteiger charge is -2.33. The summed E-state index contributed by atoms with van der Waals surface area (Å²) in [7, 11) is 1.71. The number of ether oxygens (including phenoxy) is 3. The molecule has 174 valence electrons. The summed E-state index contributed by atoms with van der Waals surface area (Å²) >= 11 is 0. The number of rotatable bonds is 8. The Kier molecular flexibility index (Phi) is 8.64. The van der Waals surface area contributed by atoms with Crippen LogP contribution in [0.5, 0.6) is 0 Å². The summed E-state index contributed by atoms with van der Waals surface area (Å²) in [4.78, 5) is 25.1. The quantitative estimate of drug-likeness (QED) is 0.484. The Morgan fingerprint density at radius 3 is 2.45 bits per heavy atom. The predicted molar refractivity (Wildman–Crippen MR) is 118 cm³/mol. The van der Waals surface area contributed by atoms with E-state index in [1.54, 1.807) is 33.9 Å². The first-order valence-electron chi connectivity index (χ1n) is 10.7. The van der Waals surface area contributed by atoms with Crippen molar-refractivity contribution in [2.75, 3.05) is 25.1 Å². The van der Waals surface area contributed by atoms with Gasteiger partial charge in [-0.2, -0.15) is 0 Å². The average molecular weight is 438 g/mol. The molecule has 9 heteroatoms. The van der Waals surface area contributed by atoms with Crippen LogP contribution in [0.3, 0.4) is 0 Å². The van der Waals surface area contributed by atoms with E-state index in [2.05, 4.69) is 10.2 Å². The molecule has 1 aromatic rings. The summed E-state index contributed by atoms with van der Waals surface area (Å²) in [6, 6.07) is 4.77. The van der Waals surface area contributed by atoms with Crippen LogP contribution in [0.2, 0.25) is 0 Å². The van der Waals surface area contributed by atoms with Crippen molar-refractivity contribution in [1.29, 1.82) is 0 Å². The number of benzene rings is 1. The number of methoxy groups -OCH3 is 1. The molecular weight excluding hydrogens is 402 g/mol. The lowest BCUT2D eigenvalue weighted by atomic mass is 10.1. The number of nitro groups is 1. The SMILES string of the molecule is COC1CCN(c2cc(CO[C@H](C)[C@@H](C)NC(=O)OC(C)(C)C)cc([N+](=O)[O-])c2)CC1. The monoisotopic (exact) mass is 437 g/mol. The summed E-state index contributed by atoms with van der Waals surface area (Å²) in [5, 5.41) is 14.2. The maximum atomic E-state index is 12.0. The van der Waals surface area contributed by atoms with Crippen LogP contribution in [0, 0.1) is 10.1 Å². The standard InChI is InChI=1S/C22H35N3O6/c1-15(23-21(26)31-22(3,4)5)16(2)30-14-17-11-18(13-19(12-17)25(27)28)24-9-7-20(29-6)8-10-24/h11-13,15-16,20H,7-10,14H2,1-6H3,(H,23,26)/t15-,16-/m1/s1. The summed E-state index contributed by atoms with van der Waals surface area (Å²) in [6.45, 7) is 10.8. The van der Waals surface area contributed by atoms with E-state index >= 15 is 0 Å². The minimum atomic E-state index is -0.578. The van der Waals surface area contributed by atoms with Gasteiger partial charge in [-0.05, 0) is 59.1 Å². The smallest absolute Gasteiger partial charge is 0.407 e. The van der Waals surface area contributed by atoms with Crippen LogP contribution >= 0.6 is 0 Å². The molecule has 0 aromatic heterocycles. The number of anilines is 1. The van der Waals surface area contributed by atoms with Gasteiger partial charge in [0, 0.05) is 38.0 Å². The van der Waals surface area contributed by atoms with Crippen molar-refractivity contribution < 1.29 is 23.9 Å². The number of nitrogens with one attached hydrogen (secondary N) is 1. The largest absolute Gasteiger partial charge is 0.444 e. The Balaban J connectivity index is 2.01. The number of amides is 1. The van der Waals surface area contributed by atoms with Crippen molar-refractivity contribution in [3.63, 3.8) is 0 Å². The molecule has 0 radical (unpaired) electrons. The molecule has 1 N–H and O–H groups in total. The van der Waals surface area contributed by atoms with Gasteiger partial charge in [0.25, 0.3) is 5.69 Å². The second kappa shape index (κ2) is 10.8. The number of non-ortho nitro benzene ring substituents is 1. The molecule has 31 heavy (non-hydrogen) atoms. The number of nitrogens with zero attached hydrogens (tertiary/aromatic N) is 2. The van der Waals surface area contributed by atoms with Crippen LogP contribution in [-0.2, 0) is 20.8 Å². The van der Waals surface area contributed by atoms with Gasteiger partial charge in [-0.1, -0.05) is 0 Å². The Hall–Kier alpha value is -2.39. The molecule has 0 spiro atoms. The average Bonchev–Trinajstić information content (AvgIpc) is 2.70. The van der Waals surface area contributed by atoms with Gasteiger partial charge in [0.15, 0.2) is 0 Å². The van der Waals surface area contributed by atoms with Crippen molar-refractivity contribution >= 4 is 17.5 Å². The zero-order valence-corrected chi connectivity index (χ0v) is 19.3. The first kappa shape index (κ1) is 24.9. The molecule has 2 atom stereocenters. The molecule has 9 nitrogen and oxygen atoms in total. The molecule has 1 heterocycles. The third-order valence-corrected chi connectivity index (χ3v) is 5.28. The van der Waals surface area contributed by atoms with Gasteiger partial charge in [0.05, 0.1) is 29.8 Å². The normalized spacial score (nSPS) is 17.2. The van der Waals surface area contributed by atoms with Gasteiger partial charge in [0.2, 0.25) is 0 Å². The second-order valence-electron chi connectivity index (χ2n) is 8.99. The first-order chi connectivity index (χ1) is 14.5. The summed E-state index contributed by atoms with van der Waals surface area (Å²) < 4.78 is 16.6. The predicted octanol–water partition coefficient (Wildman–Crippen LogP) is 4.03. The van der Waals surface area contributed by atoms with Crippen LogP contribution in [0.25, 0.3) is 0 Å². The van der Waals surface area contributed by atoms with E-state index in [1.807, 2.05) is 19.9 Å². The van der Waals surface area contributed by atoms with E-state index in [-0.39, 0.29) is 35.5 Å². The molecule has 0 saturated carbocycles. The summed E-state index contributed by atoms with van der Waals surface area (Å²) in [6.07, 6.45) is 1.18. The molecule has 1 fully saturated rings. The van der Waals surface area contributed by atoms with Crippen molar-refractivity contribution in [3.8, 4) is 0 Å². The Morgan fingerprint density at radius 1 is 1.26 bits per heavy atom. The Morgan fingerprint density at radius 2 is 1.90 bits per heavy atom. The topological polar surface area (TPSA) is 103 Å². The van der Waals surface area contributed by atoms with Crippen LogP contribution in [-0.4, -0.2) is 55.1 Å². The third-order valence-electron chi connectivity index (χ3n) is 5.28. The van der Waals surface area contributed by atoms with E-state index in [0.29, 0.717) is 0 Å². The Labute approximate surface area is 184 Å². The fraction of sp³-hybridized carbons (Fsp3) is 0.682. The third kappa shape index (κ3) is 7.99. The van der Waals surface area contributed by atoms with Gasteiger partial charge in [0.1, 0.15) is 5.60 Å². The molecule has 0 aliphatic carbocycles. The van der Waals surface area contributed by atoms with Gasteiger partial charge >= 0.3 is 6.09 Å². The van der Waals surface area contributed by atoms with E-state index in [0.717, 1.165) is 37.2 Å². The number of carbonyl (C=O) groups is 1. The number of piperidine rings is 1. The number of hydrogen-bond donors (Lipinski definition) is 1. The van der Waals surface area contributed by atoms with Crippen molar-refractivity contribution in [2.45, 2.75) is 77.9 Å². The molecule has 0 bridgehead atoms. The van der Waals surface area contributed by atoms with Gasteiger partial charge in [-0.3, -0.25) is 10.1 Å². The van der Waals surface area contributed by atoms with Gasteiger partial charge < -0.3 is 24.4 Å². The molecule has 2 rings (SSSR count). The highest BCUT2D eigenvalue weighted by Crippen LogP contribution is 2.28. The highest BCUT2D eigenvalue weighted by molar-refractivity contribution is 5.68. The van der Waals surface area contributed by atoms with Crippen LogP contribution in [0.4, 0.5) is 16.2 Å². The maximum Gasteiger partial charge on any atom is 0.407 e. The minimum absolute atomic E-state index is 0.0394. The molecule has 1 aromatic carbocycles. The Bertz CT molecular complexity index is 756. The summed E-state index contributed by atoms with van der Waals surface area (Å²) in [5.41, 5.74) is 0.993. The zero-order valence-electron chi connectivity index (χ0n) is 19.3. The van der Waals surface area contributed by atoms with E-state index < -0.39 is 11.7 Å². The van der Waals surface area contributed by atoms with Crippen molar-refractivity contribution in [2.24, 2.45) is 0 Å². The molecule has 1 aliphatic rings. The molecule has 1 amide bonds. The van der Waals surface area contributed by atoms with E-state index in [4.69, 9.17) is 14.2 Å². The lowest BCUT2D eigenvalue weighted by molar-refractivity contribution is -0.384. The number of nitro benzene ring substituents is 1. The van der Waals surface area contributed by atoms with E-state index in [1.165, 1.54) is 6.07 Å². The second-order valence-corrected chi connectivity index (χ2v) is 8.99. The highest BCUT2D eigenvalue weighted by atomic mass is 16.6. The fourth-order valence-electron chi connectivity index (χ4n) is 3.36. The van der Waals surface area contributed by atoms with Crippen molar-refractivity contribution in [1.82, 2.24) is 5.32 Å². The van der Waals surface area contributed by atoms with Crippen LogP contribution in [0.1, 0.15) is 53.0 Å².